The molecule has 1 unspecified atom stereocenters. The minimum atomic E-state index is -3.38. The lowest BCUT2D eigenvalue weighted by Gasteiger charge is -2.25. The lowest BCUT2D eigenvalue weighted by atomic mass is 10.1. The van der Waals surface area contributed by atoms with Crippen LogP contribution in [0.4, 0.5) is 15.9 Å². The number of ether oxygens (including phenoxy) is 1. The smallest absolute Gasteiger partial charge is 0.179 e. The molecular weight excluding hydrogens is 713 g/mol. The van der Waals surface area contributed by atoms with E-state index in [-0.39, 0.29) is 24.2 Å². The molecule has 1 N–H and O–H groups in total. The minimum Gasteiger partial charge on any atom is -0.488 e. The van der Waals surface area contributed by atoms with Gasteiger partial charge in [-0.15, -0.1) is 11.3 Å². The zero-order chi connectivity index (χ0) is 33.7. The third-order valence-electron chi connectivity index (χ3n) is 7.95. The van der Waals surface area contributed by atoms with Crippen molar-refractivity contribution in [3.05, 3.63) is 124 Å². The summed E-state index contributed by atoms with van der Waals surface area (Å²) in [6.45, 7) is 2.72. The fraction of sp³-hybridized carbons (Fsp3) is 0.194. The third-order valence-corrected chi connectivity index (χ3v) is 11.2. The summed E-state index contributed by atoms with van der Waals surface area (Å²) >= 11 is 5.16. The maximum absolute atomic E-state index is 13.5. The standard InChI is InChI=1S/C36H33BrFN5O3S2/c1-3-33(43(2)16-17-48(44,45)28-10-5-4-6-11-28)36-42-32(22-47-36)25-12-14-31-29(19-25)35(40-23-39-31)41-27-13-15-34(30(37)20-27)46-21-24-8-7-9-26(38)18-24/h4-15,18-20,22-23,33H,3,16-17,21H2,1-2H3,(H,39,40,41). The van der Waals surface area contributed by atoms with E-state index in [4.69, 9.17) is 9.72 Å². The van der Waals surface area contributed by atoms with Crippen molar-refractivity contribution in [2.75, 3.05) is 24.7 Å². The minimum absolute atomic E-state index is 0.0185. The molecule has 12 heteroatoms. The first-order valence-electron chi connectivity index (χ1n) is 15.3. The zero-order valence-electron chi connectivity index (χ0n) is 26.3. The molecule has 0 bridgehead atoms. The van der Waals surface area contributed by atoms with Gasteiger partial charge in [-0.05, 0) is 89.6 Å². The first-order chi connectivity index (χ1) is 23.2. The molecule has 2 aromatic heterocycles. The molecule has 0 aliphatic carbocycles. The molecule has 0 aliphatic rings. The van der Waals surface area contributed by atoms with Crippen LogP contribution < -0.4 is 10.1 Å². The summed E-state index contributed by atoms with van der Waals surface area (Å²) in [5, 5.41) is 7.20. The Balaban J connectivity index is 1.16. The molecule has 0 saturated carbocycles. The van der Waals surface area contributed by atoms with Crippen LogP contribution in [0.15, 0.2) is 112 Å². The molecule has 8 nitrogen and oxygen atoms in total. The van der Waals surface area contributed by atoms with Gasteiger partial charge in [-0.1, -0.05) is 43.3 Å². The van der Waals surface area contributed by atoms with Gasteiger partial charge in [-0.3, -0.25) is 4.90 Å². The molecule has 4 aromatic carbocycles. The number of anilines is 2. The fourth-order valence-electron chi connectivity index (χ4n) is 5.35. The number of hydrogen-bond acceptors (Lipinski definition) is 9. The largest absolute Gasteiger partial charge is 0.488 e. The highest BCUT2D eigenvalue weighted by atomic mass is 79.9. The molecule has 1 atom stereocenters. The van der Waals surface area contributed by atoms with Crippen LogP contribution >= 0.6 is 27.3 Å². The van der Waals surface area contributed by atoms with E-state index in [2.05, 4.69) is 43.0 Å². The van der Waals surface area contributed by atoms with Crippen LogP contribution in [-0.4, -0.2) is 47.6 Å². The summed E-state index contributed by atoms with van der Waals surface area (Å²) in [6, 6.07) is 26.5. The number of benzene rings is 4. The summed E-state index contributed by atoms with van der Waals surface area (Å²) in [5.41, 5.74) is 4.08. The van der Waals surface area contributed by atoms with Crippen LogP contribution in [0.5, 0.6) is 5.75 Å². The predicted molar refractivity (Wildman–Crippen MR) is 193 cm³/mol. The van der Waals surface area contributed by atoms with E-state index in [1.165, 1.54) is 18.5 Å². The number of sulfone groups is 1. The van der Waals surface area contributed by atoms with Crippen molar-refractivity contribution >= 4 is 59.5 Å². The van der Waals surface area contributed by atoms with Gasteiger partial charge in [0, 0.05) is 28.6 Å². The monoisotopic (exact) mass is 745 g/mol. The van der Waals surface area contributed by atoms with Crippen LogP contribution in [0.2, 0.25) is 0 Å². The van der Waals surface area contributed by atoms with Crippen molar-refractivity contribution in [3.8, 4) is 17.0 Å². The van der Waals surface area contributed by atoms with E-state index < -0.39 is 9.84 Å². The first-order valence-corrected chi connectivity index (χ1v) is 18.6. The number of thiazole rings is 1. The summed E-state index contributed by atoms with van der Waals surface area (Å²) in [4.78, 5) is 16.4. The summed E-state index contributed by atoms with van der Waals surface area (Å²) in [5.74, 6) is 1.01. The van der Waals surface area contributed by atoms with Crippen molar-refractivity contribution in [1.29, 1.82) is 0 Å². The average Bonchev–Trinajstić information content (AvgIpc) is 3.58. The average molecular weight is 747 g/mol. The highest BCUT2D eigenvalue weighted by Crippen LogP contribution is 2.34. The molecule has 246 valence electrons. The van der Waals surface area contributed by atoms with Gasteiger partial charge in [0.05, 0.1) is 32.4 Å². The van der Waals surface area contributed by atoms with E-state index in [1.54, 1.807) is 41.7 Å². The Kier molecular flexibility index (Phi) is 10.4. The Morgan fingerprint density at radius 3 is 2.60 bits per heavy atom. The number of hydrogen-bond donors (Lipinski definition) is 1. The Morgan fingerprint density at radius 2 is 1.83 bits per heavy atom. The third kappa shape index (κ3) is 7.90. The second kappa shape index (κ2) is 14.9. The van der Waals surface area contributed by atoms with E-state index in [0.29, 0.717) is 23.0 Å². The summed E-state index contributed by atoms with van der Waals surface area (Å²) < 4.78 is 45.9. The van der Waals surface area contributed by atoms with Gasteiger partial charge in [-0.2, -0.15) is 0 Å². The van der Waals surface area contributed by atoms with E-state index in [1.807, 2.05) is 61.0 Å². The van der Waals surface area contributed by atoms with Crippen molar-refractivity contribution in [3.63, 3.8) is 0 Å². The van der Waals surface area contributed by atoms with Crippen LogP contribution in [0.25, 0.3) is 22.2 Å². The van der Waals surface area contributed by atoms with Crippen LogP contribution in [-0.2, 0) is 16.4 Å². The van der Waals surface area contributed by atoms with Crippen LogP contribution in [0, 0.1) is 5.82 Å². The van der Waals surface area contributed by atoms with Gasteiger partial charge in [0.25, 0.3) is 0 Å². The summed E-state index contributed by atoms with van der Waals surface area (Å²) in [7, 11) is -1.43. The molecule has 0 spiro atoms. The van der Waals surface area contributed by atoms with Gasteiger partial charge in [0.2, 0.25) is 0 Å². The number of aromatic nitrogens is 3. The fourth-order valence-corrected chi connectivity index (χ4v) is 8.25. The first kappa shape index (κ1) is 33.7. The second-order valence-corrected chi connectivity index (χ2v) is 15.1. The number of nitrogens with one attached hydrogen (secondary N) is 1. The number of nitrogens with zero attached hydrogens (tertiary/aromatic N) is 4. The molecule has 0 saturated heterocycles. The molecule has 0 radical (unpaired) electrons. The topological polar surface area (TPSA) is 97.3 Å². The molecule has 2 heterocycles. The molecule has 0 amide bonds. The number of rotatable bonds is 13. The van der Waals surface area contributed by atoms with Crippen LogP contribution in [0.1, 0.15) is 30.0 Å². The van der Waals surface area contributed by atoms with Gasteiger partial charge in [0.1, 0.15) is 35.3 Å². The molecular formula is C36H33BrFN5O3S2. The Labute approximate surface area is 291 Å². The summed E-state index contributed by atoms with van der Waals surface area (Å²) in [6.07, 6.45) is 2.31. The number of fused-ring (bicyclic) bond motifs is 1. The van der Waals surface area contributed by atoms with E-state index >= 15 is 0 Å². The SMILES string of the molecule is CCC(c1nc(-c2ccc3ncnc(Nc4ccc(OCc5cccc(F)c5)c(Br)c4)c3c2)cs1)N(C)CCS(=O)(=O)c1ccccc1. The number of halogens is 2. The molecule has 48 heavy (non-hydrogen) atoms. The second-order valence-electron chi connectivity index (χ2n) is 11.3. The Bertz CT molecular complexity index is 2150. The van der Waals surface area contributed by atoms with Gasteiger partial charge in [0.15, 0.2) is 9.84 Å². The lowest BCUT2D eigenvalue weighted by Crippen LogP contribution is -2.29. The molecule has 0 aliphatic heterocycles. The maximum Gasteiger partial charge on any atom is 0.179 e. The van der Waals surface area contributed by atoms with Crippen LogP contribution in [0.3, 0.4) is 0 Å². The van der Waals surface area contributed by atoms with Crippen molar-refractivity contribution < 1.29 is 17.5 Å². The Morgan fingerprint density at radius 1 is 1.00 bits per heavy atom. The van der Waals surface area contributed by atoms with E-state index in [9.17, 15) is 12.8 Å². The van der Waals surface area contributed by atoms with Crippen molar-refractivity contribution in [2.24, 2.45) is 0 Å². The molecule has 6 aromatic rings. The quantitative estimate of drug-likeness (QED) is 0.125. The lowest BCUT2D eigenvalue weighted by molar-refractivity contribution is 0.251. The highest BCUT2D eigenvalue weighted by molar-refractivity contribution is 9.10. The highest BCUT2D eigenvalue weighted by Gasteiger charge is 2.22. The molecule has 0 fully saturated rings. The predicted octanol–water partition coefficient (Wildman–Crippen LogP) is 8.83. The van der Waals surface area contributed by atoms with E-state index in [0.717, 1.165) is 49.3 Å². The zero-order valence-corrected chi connectivity index (χ0v) is 29.5. The van der Waals surface area contributed by atoms with Crippen molar-refractivity contribution in [1.82, 2.24) is 19.9 Å². The maximum atomic E-state index is 13.5. The normalized spacial score (nSPS) is 12.4. The van der Waals surface area contributed by atoms with Gasteiger partial charge in [-0.25, -0.2) is 27.8 Å². The van der Waals surface area contributed by atoms with Crippen molar-refractivity contribution in [2.45, 2.75) is 30.9 Å². The van der Waals surface area contributed by atoms with Gasteiger partial charge < -0.3 is 10.1 Å². The van der Waals surface area contributed by atoms with Gasteiger partial charge >= 0.3 is 0 Å². The molecule has 6 rings (SSSR count). The Hall–Kier alpha value is -4.23.